The minimum absolute atomic E-state index is 0.201. The summed E-state index contributed by atoms with van der Waals surface area (Å²) in [5.41, 5.74) is -0.112. The molecule has 1 aromatic carbocycles. The minimum Gasteiger partial charge on any atom is -0.357 e. The van der Waals surface area contributed by atoms with Crippen LogP contribution in [0.1, 0.15) is 25.0 Å². The van der Waals surface area contributed by atoms with Crippen LogP contribution in [-0.4, -0.2) is 30.6 Å². The first kappa shape index (κ1) is 18.7. The van der Waals surface area contributed by atoms with Gasteiger partial charge in [-0.25, -0.2) is 4.99 Å². The number of nitrogens with zero attached hydrogens (tertiary/aromatic N) is 1. The lowest BCUT2D eigenvalue weighted by molar-refractivity contribution is -0.137. The number of nitrogens with one attached hydrogen (secondary N) is 2. The highest BCUT2D eigenvalue weighted by Gasteiger charge is 2.30. The molecule has 0 saturated carbocycles. The van der Waals surface area contributed by atoms with Crippen LogP contribution in [0.3, 0.4) is 0 Å². The zero-order valence-electron chi connectivity index (χ0n) is 13.0. The van der Waals surface area contributed by atoms with Crippen molar-refractivity contribution in [2.45, 2.75) is 31.8 Å². The number of guanidine groups is 1. The third-order valence-electron chi connectivity index (χ3n) is 2.98. The van der Waals surface area contributed by atoms with E-state index in [-0.39, 0.29) is 6.54 Å². The molecule has 0 radical (unpaired) electrons. The Kier molecular flexibility index (Phi) is 7.58. The lowest BCUT2D eigenvalue weighted by Gasteiger charge is -2.14. The van der Waals surface area contributed by atoms with Crippen LogP contribution >= 0.6 is 11.8 Å². The summed E-state index contributed by atoms with van der Waals surface area (Å²) >= 11 is 1.73. The Morgan fingerprint density at radius 2 is 2.05 bits per heavy atom. The zero-order valence-corrected chi connectivity index (χ0v) is 13.8. The number of aliphatic imine (C=N–C) groups is 1. The van der Waals surface area contributed by atoms with Crippen LogP contribution in [0.2, 0.25) is 0 Å². The molecule has 3 nitrogen and oxygen atoms in total. The smallest absolute Gasteiger partial charge is 0.357 e. The summed E-state index contributed by atoms with van der Waals surface area (Å²) in [6, 6.07) is 5.26. The molecule has 0 aliphatic carbocycles. The van der Waals surface area contributed by atoms with Crippen molar-refractivity contribution in [1.82, 2.24) is 10.6 Å². The van der Waals surface area contributed by atoms with E-state index in [0.717, 1.165) is 18.7 Å². The number of benzene rings is 1. The molecule has 1 unspecified atom stereocenters. The van der Waals surface area contributed by atoms with Crippen molar-refractivity contribution < 1.29 is 13.2 Å². The van der Waals surface area contributed by atoms with Crippen molar-refractivity contribution in [3.63, 3.8) is 0 Å². The average molecular weight is 333 g/mol. The summed E-state index contributed by atoms with van der Waals surface area (Å²) in [6.07, 6.45) is -2.30. The molecule has 7 heteroatoms. The molecule has 2 N–H and O–H groups in total. The molecule has 22 heavy (non-hydrogen) atoms. The number of halogens is 3. The molecule has 0 heterocycles. The molecule has 1 atom stereocenters. The summed E-state index contributed by atoms with van der Waals surface area (Å²) in [5.74, 6) is 0.612. The van der Waals surface area contributed by atoms with Crippen molar-refractivity contribution in [2.24, 2.45) is 4.99 Å². The highest BCUT2D eigenvalue weighted by molar-refractivity contribution is 7.99. The Balaban J connectivity index is 2.73. The lowest BCUT2D eigenvalue weighted by atomic mass is 10.1. The quantitative estimate of drug-likeness (QED) is 0.618. The molecule has 124 valence electrons. The minimum atomic E-state index is -4.32. The first-order valence-electron chi connectivity index (χ1n) is 7.08. The largest absolute Gasteiger partial charge is 0.416 e. The summed E-state index contributed by atoms with van der Waals surface area (Å²) in [7, 11) is 0. The van der Waals surface area contributed by atoms with Crippen molar-refractivity contribution in [1.29, 1.82) is 0 Å². The van der Waals surface area contributed by atoms with Gasteiger partial charge in [0.15, 0.2) is 5.96 Å². The van der Waals surface area contributed by atoms with Gasteiger partial charge in [0.2, 0.25) is 0 Å². The third-order valence-corrected chi connectivity index (χ3v) is 3.95. The molecule has 0 aromatic heterocycles. The van der Waals surface area contributed by atoms with E-state index in [1.807, 2.05) is 13.2 Å². The van der Waals surface area contributed by atoms with E-state index < -0.39 is 11.7 Å². The Morgan fingerprint density at radius 1 is 1.32 bits per heavy atom. The van der Waals surface area contributed by atoms with Gasteiger partial charge < -0.3 is 10.6 Å². The zero-order chi connectivity index (χ0) is 16.6. The number of hydrogen-bond acceptors (Lipinski definition) is 2. The van der Waals surface area contributed by atoms with Gasteiger partial charge in [-0.15, -0.1) is 0 Å². The van der Waals surface area contributed by atoms with Gasteiger partial charge in [0.05, 0.1) is 12.1 Å². The van der Waals surface area contributed by atoms with Crippen molar-refractivity contribution in [2.75, 3.05) is 19.3 Å². The number of hydrogen-bond donors (Lipinski definition) is 2. The molecule has 1 aromatic rings. The van der Waals surface area contributed by atoms with Gasteiger partial charge in [-0.1, -0.05) is 19.1 Å². The van der Waals surface area contributed by atoms with Crippen molar-refractivity contribution in [3.8, 4) is 0 Å². The predicted molar refractivity (Wildman–Crippen MR) is 87.2 cm³/mol. The maximum atomic E-state index is 12.7. The monoisotopic (exact) mass is 333 g/mol. The van der Waals surface area contributed by atoms with E-state index in [1.54, 1.807) is 17.8 Å². The van der Waals surface area contributed by atoms with Gasteiger partial charge in [0.25, 0.3) is 0 Å². The lowest BCUT2D eigenvalue weighted by Crippen LogP contribution is -2.40. The first-order chi connectivity index (χ1) is 10.4. The van der Waals surface area contributed by atoms with Crippen LogP contribution in [-0.2, 0) is 12.7 Å². The Morgan fingerprint density at radius 3 is 2.64 bits per heavy atom. The Hall–Kier alpha value is -1.37. The SMILES string of the molecule is CCNC(=NCc1cccc(C(F)(F)F)c1)NCC(C)SC. The second-order valence-corrected chi connectivity index (χ2v) is 6.10. The van der Waals surface area contributed by atoms with Gasteiger partial charge in [0, 0.05) is 18.3 Å². The van der Waals surface area contributed by atoms with Crippen LogP contribution in [0.25, 0.3) is 0 Å². The van der Waals surface area contributed by atoms with Gasteiger partial charge in [0.1, 0.15) is 0 Å². The highest BCUT2D eigenvalue weighted by Crippen LogP contribution is 2.29. The number of rotatable bonds is 6. The molecule has 0 aliphatic rings. The fourth-order valence-corrected chi connectivity index (χ4v) is 1.93. The van der Waals surface area contributed by atoms with E-state index >= 15 is 0 Å². The van der Waals surface area contributed by atoms with Gasteiger partial charge in [-0.3, -0.25) is 0 Å². The predicted octanol–water partition coefficient (Wildman–Crippen LogP) is 3.51. The first-order valence-corrected chi connectivity index (χ1v) is 8.36. The molecule has 0 aliphatic heterocycles. The maximum absolute atomic E-state index is 12.7. The van der Waals surface area contributed by atoms with E-state index in [2.05, 4.69) is 22.5 Å². The maximum Gasteiger partial charge on any atom is 0.416 e. The summed E-state index contributed by atoms with van der Waals surface area (Å²) in [5, 5.41) is 6.70. The standard InChI is InChI=1S/C15H22F3N3S/c1-4-19-14(20-9-11(2)22-3)21-10-12-6-5-7-13(8-12)15(16,17)18/h5-8,11H,4,9-10H2,1-3H3,(H2,19,20,21). The Labute approximate surface area is 133 Å². The van der Waals surface area contributed by atoms with Crippen molar-refractivity contribution in [3.05, 3.63) is 35.4 Å². The van der Waals surface area contributed by atoms with E-state index in [0.29, 0.717) is 23.3 Å². The highest BCUT2D eigenvalue weighted by atomic mass is 32.2. The third kappa shape index (κ3) is 6.60. The van der Waals surface area contributed by atoms with Crippen LogP contribution in [0.4, 0.5) is 13.2 Å². The average Bonchev–Trinajstić information content (AvgIpc) is 2.49. The second kappa shape index (κ2) is 8.92. The molecular weight excluding hydrogens is 311 g/mol. The van der Waals surface area contributed by atoms with Gasteiger partial charge in [-0.2, -0.15) is 24.9 Å². The fraction of sp³-hybridized carbons (Fsp3) is 0.533. The Bertz CT molecular complexity index is 489. The topological polar surface area (TPSA) is 36.4 Å². The summed E-state index contributed by atoms with van der Waals surface area (Å²) in [6.45, 7) is 5.68. The summed E-state index contributed by atoms with van der Waals surface area (Å²) in [4.78, 5) is 4.33. The fourth-order valence-electron chi connectivity index (χ4n) is 1.68. The van der Waals surface area contributed by atoms with Crippen molar-refractivity contribution >= 4 is 17.7 Å². The van der Waals surface area contributed by atoms with Gasteiger partial charge >= 0.3 is 6.18 Å². The second-order valence-electron chi connectivity index (χ2n) is 4.82. The van der Waals surface area contributed by atoms with Crippen LogP contribution in [0, 0.1) is 0 Å². The molecule has 0 bridgehead atoms. The van der Waals surface area contributed by atoms with E-state index in [9.17, 15) is 13.2 Å². The van der Waals surface area contributed by atoms with E-state index in [1.165, 1.54) is 6.07 Å². The van der Waals surface area contributed by atoms with Crippen LogP contribution in [0.5, 0.6) is 0 Å². The molecular formula is C15H22F3N3S. The normalized spacial score (nSPS) is 13.8. The van der Waals surface area contributed by atoms with E-state index in [4.69, 9.17) is 0 Å². The molecule has 1 rings (SSSR count). The molecule has 0 saturated heterocycles. The molecule has 0 amide bonds. The molecule has 0 fully saturated rings. The molecule has 0 spiro atoms. The number of thioether (sulfide) groups is 1. The van der Waals surface area contributed by atoms with Gasteiger partial charge in [-0.05, 0) is 30.9 Å². The number of alkyl halides is 3. The van der Waals surface area contributed by atoms with Crippen LogP contribution < -0.4 is 10.6 Å². The summed E-state index contributed by atoms with van der Waals surface area (Å²) < 4.78 is 38.0. The van der Waals surface area contributed by atoms with Crippen LogP contribution in [0.15, 0.2) is 29.3 Å².